The number of nitrogens with zero attached hydrogens (tertiary/aromatic N) is 2. The molecule has 0 saturated carbocycles. The van der Waals surface area contributed by atoms with E-state index in [9.17, 15) is 21.6 Å². The number of carbonyl (C=O) groups excluding carboxylic acids is 1. The lowest BCUT2D eigenvalue weighted by Gasteiger charge is -2.18. The van der Waals surface area contributed by atoms with Gasteiger partial charge in [-0.1, -0.05) is 11.2 Å². The third-order valence-corrected chi connectivity index (χ3v) is 10.1. The first-order valence-electron chi connectivity index (χ1n) is 9.75. The normalized spacial score (nSPS) is 12.2. The number of nitrogens with one attached hydrogen (secondary N) is 2. The first-order valence-corrected chi connectivity index (χ1v) is 14.3. The van der Waals surface area contributed by atoms with Crippen LogP contribution in [0.4, 0.5) is 11.6 Å². The van der Waals surface area contributed by atoms with Crippen LogP contribution in [0, 0.1) is 27.7 Å². The monoisotopic (exact) mass is 590 g/mol. The van der Waals surface area contributed by atoms with Gasteiger partial charge < -0.3 is 9.84 Å². The van der Waals surface area contributed by atoms with Gasteiger partial charge in [0.15, 0.2) is 0 Å². The van der Waals surface area contributed by atoms with E-state index in [4.69, 9.17) is 4.52 Å². The molecule has 2 aromatic heterocycles. The molecule has 0 saturated heterocycles. The van der Waals surface area contributed by atoms with Gasteiger partial charge in [0.25, 0.3) is 21.8 Å². The molecular formula is C20H23BrN4O6S3. The van der Waals surface area contributed by atoms with Crippen molar-refractivity contribution in [3.05, 3.63) is 49.2 Å². The van der Waals surface area contributed by atoms with Crippen LogP contribution in [-0.4, -0.2) is 46.3 Å². The standard InChI is InChI=1S/C20H23BrN4O6S3/c1-10-7-11(2)17(14(8-10)34(29,30)25(5)6)22-19(26)18-15(9-12(3)32-18)33(27,28)24-20-16(21)13(4)23-31-20/h7-9,24H,1-6H3,(H,22,26). The van der Waals surface area contributed by atoms with E-state index < -0.39 is 26.0 Å². The average molecular weight is 592 g/mol. The average Bonchev–Trinajstić information content (AvgIpc) is 3.27. The summed E-state index contributed by atoms with van der Waals surface area (Å²) in [6.07, 6.45) is 0. The second kappa shape index (κ2) is 9.41. The van der Waals surface area contributed by atoms with Crippen LogP contribution in [0.25, 0.3) is 0 Å². The first kappa shape index (κ1) is 26.3. The summed E-state index contributed by atoms with van der Waals surface area (Å²) in [5.74, 6) is -0.880. The maximum absolute atomic E-state index is 13.3. The molecule has 0 bridgehead atoms. The van der Waals surface area contributed by atoms with Gasteiger partial charge in [0, 0.05) is 19.0 Å². The number of amides is 1. The highest BCUT2D eigenvalue weighted by Crippen LogP contribution is 2.34. The highest BCUT2D eigenvalue weighted by Gasteiger charge is 2.30. The van der Waals surface area contributed by atoms with Crippen LogP contribution in [0.1, 0.15) is 31.4 Å². The predicted octanol–water partition coefficient (Wildman–Crippen LogP) is 4.04. The number of benzene rings is 1. The van der Waals surface area contributed by atoms with Gasteiger partial charge in [-0.25, -0.2) is 25.9 Å². The summed E-state index contributed by atoms with van der Waals surface area (Å²) in [5, 5.41) is 6.31. The molecule has 0 aliphatic carbocycles. The quantitative estimate of drug-likeness (QED) is 0.423. The van der Waals surface area contributed by atoms with Crippen molar-refractivity contribution >= 4 is 64.8 Å². The lowest BCUT2D eigenvalue weighted by Crippen LogP contribution is -2.25. The number of anilines is 2. The molecule has 3 rings (SSSR count). The molecule has 2 heterocycles. The van der Waals surface area contributed by atoms with E-state index >= 15 is 0 Å². The minimum absolute atomic E-state index is 0.0831. The summed E-state index contributed by atoms with van der Waals surface area (Å²) in [6.45, 7) is 6.70. The van der Waals surface area contributed by atoms with E-state index in [0.717, 1.165) is 15.6 Å². The largest absolute Gasteiger partial charge is 0.336 e. The molecule has 0 radical (unpaired) electrons. The molecule has 1 aromatic carbocycles. The minimum Gasteiger partial charge on any atom is -0.336 e. The number of sulfonamides is 2. The zero-order valence-electron chi connectivity index (χ0n) is 19.2. The molecule has 0 aliphatic rings. The van der Waals surface area contributed by atoms with Crippen LogP contribution in [0.3, 0.4) is 0 Å². The summed E-state index contributed by atoms with van der Waals surface area (Å²) >= 11 is 4.17. The lowest BCUT2D eigenvalue weighted by molar-refractivity contribution is 0.102. The fraction of sp³-hybridized carbons (Fsp3) is 0.300. The summed E-state index contributed by atoms with van der Waals surface area (Å²) < 4.78 is 60.6. The van der Waals surface area contributed by atoms with Gasteiger partial charge >= 0.3 is 0 Å². The lowest BCUT2D eigenvalue weighted by atomic mass is 10.1. The van der Waals surface area contributed by atoms with E-state index in [2.05, 4.69) is 31.1 Å². The summed E-state index contributed by atoms with van der Waals surface area (Å²) in [6, 6.07) is 4.55. The highest BCUT2D eigenvalue weighted by molar-refractivity contribution is 9.10. The Morgan fingerprint density at radius 3 is 2.26 bits per heavy atom. The molecule has 2 N–H and O–H groups in total. The van der Waals surface area contributed by atoms with Crippen LogP contribution < -0.4 is 10.0 Å². The van der Waals surface area contributed by atoms with Gasteiger partial charge in [0.1, 0.15) is 19.1 Å². The van der Waals surface area contributed by atoms with Crippen LogP contribution in [0.5, 0.6) is 0 Å². The van der Waals surface area contributed by atoms with Crippen LogP contribution in [-0.2, 0) is 20.0 Å². The van der Waals surface area contributed by atoms with Crippen molar-refractivity contribution < 1.29 is 26.2 Å². The molecule has 34 heavy (non-hydrogen) atoms. The van der Waals surface area contributed by atoms with Gasteiger partial charge in [-0.15, -0.1) is 11.3 Å². The molecule has 14 heteroatoms. The number of carbonyl (C=O) groups is 1. The van der Waals surface area contributed by atoms with E-state index in [-0.39, 0.29) is 26.2 Å². The Hall–Kier alpha value is -2.26. The highest BCUT2D eigenvalue weighted by atomic mass is 79.9. The van der Waals surface area contributed by atoms with Crippen LogP contribution in [0.15, 0.2) is 37.0 Å². The van der Waals surface area contributed by atoms with Gasteiger partial charge in [0.2, 0.25) is 10.0 Å². The molecule has 0 unspecified atom stereocenters. The van der Waals surface area contributed by atoms with Crippen molar-refractivity contribution in [2.75, 3.05) is 24.1 Å². The Kier molecular flexibility index (Phi) is 7.30. The number of aryl methyl sites for hydroxylation is 4. The number of thiophene rings is 1. The third kappa shape index (κ3) is 5.05. The summed E-state index contributed by atoms with van der Waals surface area (Å²) in [4.78, 5) is 13.4. The Morgan fingerprint density at radius 1 is 1.06 bits per heavy atom. The maximum Gasteiger partial charge on any atom is 0.267 e. The van der Waals surface area contributed by atoms with Crippen molar-refractivity contribution in [2.24, 2.45) is 0 Å². The minimum atomic E-state index is -4.23. The van der Waals surface area contributed by atoms with Gasteiger partial charge in [-0.05, 0) is 66.9 Å². The summed E-state index contributed by atoms with van der Waals surface area (Å²) in [7, 11) is -5.34. The number of aromatic nitrogens is 1. The number of halogens is 1. The Bertz CT molecular complexity index is 1490. The molecular weight excluding hydrogens is 568 g/mol. The molecule has 0 spiro atoms. The van der Waals surface area contributed by atoms with Crippen molar-refractivity contribution in [3.63, 3.8) is 0 Å². The van der Waals surface area contributed by atoms with Crippen molar-refractivity contribution in [3.8, 4) is 0 Å². The molecule has 0 fully saturated rings. The van der Waals surface area contributed by atoms with Crippen molar-refractivity contribution in [1.82, 2.24) is 9.46 Å². The SMILES string of the molecule is Cc1cc(C)c(NC(=O)c2sc(C)cc2S(=O)(=O)Nc2onc(C)c2Br)c(S(=O)(=O)N(C)C)c1. The van der Waals surface area contributed by atoms with Gasteiger partial charge in [-0.2, -0.15) is 0 Å². The molecule has 1 amide bonds. The van der Waals surface area contributed by atoms with Crippen molar-refractivity contribution in [1.29, 1.82) is 0 Å². The fourth-order valence-electron chi connectivity index (χ4n) is 3.11. The molecule has 0 aliphatic heterocycles. The second-order valence-corrected chi connectivity index (χ2v) is 13.6. The van der Waals surface area contributed by atoms with E-state index in [1.165, 1.54) is 26.2 Å². The fourth-order valence-corrected chi connectivity index (χ4v) is 7.17. The predicted molar refractivity (Wildman–Crippen MR) is 134 cm³/mol. The number of hydrogen-bond donors (Lipinski definition) is 2. The summed E-state index contributed by atoms with van der Waals surface area (Å²) in [5.41, 5.74) is 1.75. The Morgan fingerprint density at radius 2 is 1.71 bits per heavy atom. The maximum atomic E-state index is 13.3. The third-order valence-electron chi connectivity index (χ3n) is 4.78. The van der Waals surface area contributed by atoms with E-state index in [0.29, 0.717) is 26.2 Å². The zero-order valence-corrected chi connectivity index (χ0v) is 23.2. The zero-order chi connectivity index (χ0) is 25.6. The van der Waals surface area contributed by atoms with E-state index in [1.54, 1.807) is 33.8 Å². The van der Waals surface area contributed by atoms with Crippen molar-refractivity contribution in [2.45, 2.75) is 37.5 Å². The van der Waals surface area contributed by atoms with Gasteiger partial charge in [-0.3, -0.25) is 4.79 Å². The smallest absolute Gasteiger partial charge is 0.267 e. The molecule has 0 atom stereocenters. The second-order valence-electron chi connectivity index (χ2n) is 7.76. The van der Waals surface area contributed by atoms with E-state index in [1.807, 2.05) is 0 Å². The molecule has 10 nitrogen and oxygen atoms in total. The number of hydrogen-bond acceptors (Lipinski definition) is 8. The van der Waals surface area contributed by atoms with Crippen LogP contribution in [0.2, 0.25) is 0 Å². The topological polar surface area (TPSA) is 139 Å². The Balaban J connectivity index is 2.05. The Labute approximate surface area is 210 Å². The van der Waals surface area contributed by atoms with Gasteiger partial charge in [0.05, 0.1) is 11.4 Å². The number of rotatable bonds is 7. The first-order chi connectivity index (χ1) is 15.6. The molecule has 184 valence electrons. The molecule has 3 aromatic rings. The van der Waals surface area contributed by atoms with Crippen LogP contribution >= 0.6 is 27.3 Å².